The highest BCUT2D eigenvalue weighted by Gasteiger charge is 2.80. The first-order chi connectivity index (χ1) is 13.4. The molecule has 152 valence electrons. The lowest BCUT2D eigenvalue weighted by Gasteiger charge is -2.61. The average Bonchev–Trinajstić information content (AvgIpc) is 3.33. The Balaban J connectivity index is 1.36. The molecule has 5 aliphatic rings. The summed E-state index contributed by atoms with van der Waals surface area (Å²) in [6.07, 6.45) is 11.1. The lowest BCUT2D eigenvalue weighted by Crippen LogP contribution is -2.58. The van der Waals surface area contributed by atoms with Crippen molar-refractivity contribution >= 4 is 0 Å². The van der Waals surface area contributed by atoms with Gasteiger partial charge in [0.1, 0.15) is 5.60 Å². The number of aliphatic hydroxyl groups excluding tert-OH is 1. The van der Waals surface area contributed by atoms with Crippen molar-refractivity contribution in [2.75, 3.05) is 0 Å². The van der Waals surface area contributed by atoms with Crippen LogP contribution < -0.4 is 5.63 Å². The van der Waals surface area contributed by atoms with Crippen LogP contribution in [-0.2, 0) is 4.74 Å². The number of epoxide rings is 1. The summed E-state index contributed by atoms with van der Waals surface area (Å²) in [5.74, 6) is 2.48. The monoisotopic (exact) mass is 384 g/mol. The van der Waals surface area contributed by atoms with E-state index in [1.54, 1.807) is 12.3 Å². The van der Waals surface area contributed by atoms with Crippen LogP contribution >= 0.6 is 0 Å². The van der Waals surface area contributed by atoms with E-state index in [9.17, 15) is 9.90 Å². The van der Waals surface area contributed by atoms with Crippen LogP contribution in [0.25, 0.3) is 0 Å². The molecule has 4 nitrogen and oxygen atoms in total. The first-order valence-corrected chi connectivity index (χ1v) is 11.3. The Morgan fingerprint density at radius 1 is 1.04 bits per heavy atom. The van der Waals surface area contributed by atoms with E-state index in [1.165, 1.54) is 37.7 Å². The van der Waals surface area contributed by atoms with E-state index in [0.717, 1.165) is 25.2 Å². The zero-order valence-corrected chi connectivity index (χ0v) is 17.0. The first kappa shape index (κ1) is 17.7. The summed E-state index contributed by atoms with van der Waals surface area (Å²) in [6.45, 7) is 4.97. The fourth-order valence-corrected chi connectivity index (χ4v) is 8.74. The van der Waals surface area contributed by atoms with Gasteiger partial charge in [-0.1, -0.05) is 13.8 Å². The van der Waals surface area contributed by atoms with Gasteiger partial charge in [-0.3, -0.25) is 0 Å². The second-order valence-electron chi connectivity index (χ2n) is 11.0. The molecule has 1 saturated heterocycles. The summed E-state index contributed by atoms with van der Waals surface area (Å²) in [4.78, 5) is 11.4. The fraction of sp³-hybridized carbons (Fsp3) is 0.792. The molecule has 1 aromatic rings. The Morgan fingerprint density at radius 3 is 2.68 bits per heavy atom. The Kier molecular flexibility index (Phi) is 3.49. The van der Waals surface area contributed by atoms with E-state index in [1.807, 2.05) is 6.07 Å². The number of aliphatic hydroxyl groups is 1. The normalized spacial score (nSPS) is 54.2. The summed E-state index contributed by atoms with van der Waals surface area (Å²) < 4.78 is 11.8. The minimum absolute atomic E-state index is 0.0285. The summed E-state index contributed by atoms with van der Waals surface area (Å²) in [7, 11) is 0. The third kappa shape index (κ3) is 2.01. The third-order valence-electron chi connectivity index (χ3n) is 10.2. The van der Waals surface area contributed by atoms with Crippen molar-refractivity contribution in [2.45, 2.75) is 88.9 Å². The van der Waals surface area contributed by atoms with Crippen LogP contribution in [0.3, 0.4) is 0 Å². The van der Waals surface area contributed by atoms with Crippen LogP contribution in [0.1, 0.15) is 76.7 Å². The van der Waals surface area contributed by atoms with E-state index in [2.05, 4.69) is 13.8 Å². The highest BCUT2D eigenvalue weighted by molar-refractivity contribution is 5.35. The van der Waals surface area contributed by atoms with Gasteiger partial charge in [-0.15, -0.1) is 0 Å². The van der Waals surface area contributed by atoms with Crippen molar-refractivity contribution < 1.29 is 14.3 Å². The smallest absolute Gasteiger partial charge is 0.335 e. The summed E-state index contributed by atoms with van der Waals surface area (Å²) in [5.41, 5.74) is 1.44. The van der Waals surface area contributed by atoms with Crippen LogP contribution in [0.5, 0.6) is 0 Å². The molecule has 4 heteroatoms. The van der Waals surface area contributed by atoms with Gasteiger partial charge in [0.05, 0.1) is 18.5 Å². The molecule has 6 rings (SSSR count). The largest absolute Gasteiger partial charge is 0.431 e. The molecule has 9 atom stereocenters. The first-order valence-electron chi connectivity index (χ1n) is 11.3. The molecule has 5 fully saturated rings. The standard InChI is InChI=1S/C24H32O4/c1-22-9-7-16(25)11-15(22)4-5-18-17(22)8-10-23(2)19(12-20-24(18,23)28-20)14-3-6-21(26)27-13-14/h3,6,13,15-20,25H,4-5,7-12H2,1-2H3/t15-,16+,17-,18-,19-,20-,22+,23-,24-/m1/s1. The number of hydrogen-bond donors (Lipinski definition) is 1. The Morgan fingerprint density at radius 2 is 1.89 bits per heavy atom. The van der Waals surface area contributed by atoms with Crippen molar-refractivity contribution in [3.8, 4) is 0 Å². The highest BCUT2D eigenvalue weighted by Crippen LogP contribution is 2.77. The minimum Gasteiger partial charge on any atom is -0.431 e. The van der Waals surface area contributed by atoms with E-state index in [0.29, 0.717) is 29.3 Å². The molecule has 0 amide bonds. The summed E-state index contributed by atoms with van der Waals surface area (Å²) >= 11 is 0. The maximum absolute atomic E-state index is 11.4. The fourth-order valence-electron chi connectivity index (χ4n) is 8.74. The highest BCUT2D eigenvalue weighted by atomic mass is 16.6. The molecule has 2 heterocycles. The Bertz CT molecular complexity index is 842. The zero-order valence-electron chi connectivity index (χ0n) is 17.0. The van der Waals surface area contributed by atoms with Crippen molar-refractivity contribution in [1.82, 2.24) is 0 Å². The molecule has 1 spiro atoms. The second kappa shape index (κ2) is 5.51. The van der Waals surface area contributed by atoms with Gasteiger partial charge in [0.15, 0.2) is 0 Å². The second-order valence-corrected chi connectivity index (χ2v) is 11.0. The Hall–Kier alpha value is -1.13. The topological polar surface area (TPSA) is 63.0 Å². The number of rotatable bonds is 1. The van der Waals surface area contributed by atoms with Crippen LogP contribution in [0.4, 0.5) is 0 Å². The van der Waals surface area contributed by atoms with Gasteiger partial charge in [0.2, 0.25) is 0 Å². The predicted molar refractivity (Wildman–Crippen MR) is 105 cm³/mol. The van der Waals surface area contributed by atoms with Gasteiger partial charge >= 0.3 is 5.63 Å². The lowest BCUT2D eigenvalue weighted by molar-refractivity contribution is -0.139. The Labute approximate surface area is 166 Å². The van der Waals surface area contributed by atoms with E-state index >= 15 is 0 Å². The number of fused-ring (bicyclic) bond motifs is 3. The van der Waals surface area contributed by atoms with Gasteiger partial charge in [-0.25, -0.2) is 4.79 Å². The number of hydrogen-bond acceptors (Lipinski definition) is 4. The maximum atomic E-state index is 11.4. The van der Waals surface area contributed by atoms with Gasteiger partial charge in [0.25, 0.3) is 0 Å². The van der Waals surface area contributed by atoms with Crippen molar-refractivity contribution in [3.63, 3.8) is 0 Å². The van der Waals surface area contributed by atoms with Crippen molar-refractivity contribution in [3.05, 3.63) is 34.4 Å². The molecule has 28 heavy (non-hydrogen) atoms. The summed E-state index contributed by atoms with van der Waals surface area (Å²) in [5, 5.41) is 10.2. The zero-order chi connectivity index (χ0) is 19.3. The van der Waals surface area contributed by atoms with Gasteiger partial charge < -0.3 is 14.3 Å². The van der Waals surface area contributed by atoms with E-state index in [4.69, 9.17) is 9.15 Å². The predicted octanol–water partition coefficient (Wildman–Crippen LogP) is 4.26. The minimum atomic E-state index is -0.266. The molecular formula is C24H32O4. The van der Waals surface area contributed by atoms with Gasteiger partial charge in [0, 0.05) is 11.5 Å². The van der Waals surface area contributed by atoms with E-state index in [-0.39, 0.29) is 22.7 Å². The SMILES string of the molecule is C[C@]12CC[C@H](O)C[C@H]1CC[C@@H]1[C@H]2CC[C@]2(C)[C@@H](c3ccc(=O)oc3)C[C@H]3O[C@]132. The molecule has 0 radical (unpaired) electrons. The van der Waals surface area contributed by atoms with Crippen molar-refractivity contribution in [2.24, 2.45) is 28.6 Å². The van der Waals surface area contributed by atoms with Crippen molar-refractivity contribution in [1.29, 1.82) is 0 Å². The van der Waals surface area contributed by atoms with Gasteiger partial charge in [-0.05, 0) is 92.1 Å². The van der Waals surface area contributed by atoms with Crippen LogP contribution in [0.15, 0.2) is 27.6 Å². The lowest BCUT2D eigenvalue weighted by atomic mass is 9.44. The van der Waals surface area contributed by atoms with E-state index < -0.39 is 0 Å². The average molecular weight is 385 g/mol. The van der Waals surface area contributed by atoms with Gasteiger partial charge in [-0.2, -0.15) is 0 Å². The van der Waals surface area contributed by atoms with Crippen LogP contribution in [0, 0.1) is 28.6 Å². The summed E-state index contributed by atoms with van der Waals surface area (Å²) in [6, 6.07) is 3.55. The van der Waals surface area contributed by atoms with Crippen LogP contribution in [0.2, 0.25) is 0 Å². The molecule has 4 saturated carbocycles. The maximum Gasteiger partial charge on any atom is 0.335 e. The quantitative estimate of drug-likeness (QED) is 0.735. The molecule has 4 aliphatic carbocycles. The third-order valence-corrected chi connectivity index (χ3v) is 10.2. The molecule has 1 N–H and O–H groups in total. The molecule has 1 aliphatic heterocycles. The molecule has 1 aromatic heterocycles. The van der Waals surface area contributed by atoms with Crippen LogP contribution in [-0.4, -0.2) is 22.9 Å². The molecular weight excluding hydrogens is 352 g/mol. The molecule has 0 unspecified atom stereocenters. The number of ether oxygens (including phenoxy) is 1. The molecule has 0 aromatic carbocycles. The molecule has 0 bridgehead atoms.